The second-order valence-electron chi connectivity index (χ2n) is 9.24. The van der Waals surface area contributed by atoms with Gasteiger partial charge >= 0.3 is 0 Å². The standard InChI is InChI=1S/C22H34O3/c1-13(2)14-11-15-16(24-6)12-17-21(3,4)9-8-10-22(17,5)18(15)19(23)20(14)25-7/h11,13,16-17,23H,8-10,12H2,1-7H3/t16-,17-,22-/m0/s1. The van der Waals surface area contributed by atoms with Crippen LogP contribution in [0.1, 0.15) is 89.0 Å². The van der Waals surface area contributed by atoms with Gasteiger partial charge in [-0.15, -0.1) is 0 Å². The maximum absolute atomic E-state index is 11.3. The fraction of sp³-hybridized carbons (Fsp3) is 0.727. The van der Waals surface area contributed by atoms with Crippen LogP contribution in [0.3, 0.4) is 0 Å². The number of phenolic OH excluding ortho intramolecular Hbond substituents is 1. The van der Waals surface area contributed by atoms with Crippen molar-refractivity contribution in [3.63, 3.8) is 0 Å². The molecule has 1 fully saturated rings. The summed E-state index contributed by atoms with van der Waals surface area (Å²) in [6, 6.07) is 2.23. The molecule has 0 amide bonds. The van der Waals surface area contributed by atoms with E-state index in [0.717, 1.165) is 24.0 Å². The second-order valence-corrected chi connectivity index (χ2v) is 9.24. The maximum atomic E-state index is 11.3. The molecule has 3 atom stereocenters. The Hall–Kier alpha value is -1.22. The molecule has 2 aliphatic carbocycles. The van der Waals surface area contributed by atoms with Crippen LogP contribution in [0.25, 0.3) is 0 Å². The Labute approximate surface area is 152 Å². The molecule has 0 spiro atoms. The number of phenols is 1. The van der Waals surface area contributed by atoms with E-state index in [0.29, 0.717) is 17.4 Å². The number of hydrogen-bond acceptors (Lipinski definition) is 3. The Kier molecular flexibility index (Phi) is 4.60. The molecule has 0 unspecified atom stereocenters. The molecule has 1 saturated carbocycles. The van der Waals surface area contributed by atoms with Gasteiger partial charge in [0.2, 0.25) is 0 Å². The molecule has 0 aromatic heterocycles. The van der Waals surface area contributed by atoms with Gasteiger partial charge in [0.15, 0.2) is 11.5 Å². The Balaban J connectivity index is 2.30. The summed E-state index contributed by atoms with van der Waals surface area (Å²) in [6.45, 7) is 11.4. The van der Waals surface area contributed by atoms with E-state index in [1.54, 1.807) is 14.2 Å². The quantitative estimate of drug-likeness (QED) is 0.763. The monoisotopic (exact) mass is 346 g/mol. The third kappa shape index (κ3) is 2.66. The van der Waals surface area contributed by atoms with E-state index in [9.17, 15) is 5.11 Å². The van der Waals surface area contributed by atoms with E-state index in [1.807, 2.05) is 0 Å². The highest BCUT2D eigenvalue weighted by Gasteiger charge is 2.53. The molecule has 3 rings (SSSR count). The van der Waals surface area contributed by atoms with Gasteiger partial charge in [-0.05, 0) is 48.1 Å². The summed E-state index contributed by atoms with van der Waals surface area (Å²) in [5.74, 6) is 1.77. The summed E-state index contributed by atoms with van der Waals surface area (Å²) in [5.41, 5.74) is 3.53. The minimum atomic E-state index is -0.0288. The molecule has 25 heavy (non-hydrogen) atoms. The number of fused-ring (bicyclic) bond motifs is 3. The van der Waals surface area contributed by atoms with Crippen molar-refractivity contribution < 1.29 is 14.6 Å². The molecule has 3 heteroatoms. The molecule has 140 valence electrons. The van der Waals surface area contributed by atoms with Gasteiger partial charge in [0.1, 0.15) is 0 Å². The van der Waals surface area contributed by atoms with Crippen LogP contribution >= 0.6 is 0 Å². The lowest BCUT2D eigenvalue weighted by Crippen LogP contribution is -2.49. The molecule has 0 saturated heterocycles. The van der Waals surface area contributed by atoms with Gasteiger partial charge in [-0.25, -0.2) is 0 Å². The molecule has 0 bridgehead atoms. The van der Waals surface area contributed by atoms with Crippen molar-refractivity contribution in [1.82, 2.24) is 0 Å². The first-order valence-corrected chi connectivity index (χ1v) is 9.64. The predicted octanol–water partition coefficient (Wildman–Crippen LogP) is 5.70. The number of benzene rings is 1. The summed E-state index contributed by atoms with van der Waals surface area (Å²) < 4.78 is 11.6. The van der Waals surface area contributed by atoms with Crippen molar-refractivity contribution in [2.24, 2.45) is 11.3 Å². The van der Waals surface area contributed by atoms with E-state index in [2.05, 4.69) is 40.7 Å². The van der Waals surface area contributed by atoms with Crippen LogP contribution < -0.4 is 4.74 Å². The smallest absolute Gasteiger partial charge is 0.164 e. The number of rotatable bonds is 3. The number of methoxy groups -OCH3 is 2. The van der Waals surface area contributed by atoms with Crippen molar-refractivity contribution in [1.29, 1.82) is 0 Å². The molecule has 3 nitrogen and oxygen atoms in total. The summed E-state index contributed by atoms with van der Waals surface area (Å²) in [5, 5.41) is 11.3. The Morgan fingerprint density at radius 3 is 2.40 bits per heavy atom. The maximum Gasteiger partial charge on any atom is 0.164 e. The topological polar surface area (TPSA) is 38.7 Å². The van der Waals surface area contributed by atoms with Crippen LogP contribution in [0.2, 0.25) is 0 Å². The van der Waals surface area contributed by atoms with Gasteiger partial charge in [-0.1, -0.05) is 41.0 Å². The third-order valence-corrected chi connectivity index (χ3v) is 7.02. The van der Waals surface area contributed by atoms with Crippen molar-refractivity contribution in [2.75, 3.05) is 14.2 Å². The minimum absolute atomic E-state index is 0.0288. The highest BCUT2D eigenvalue weighted by molar-refractivity contribution is 5.60. The van der Waals surface area contributed by atoms with Gasteiger partial charge in [-0.3, -0.25) is 0 Å². The highest BCUT2D eigenvalue weighted by Crippen LogP contribution is 2.62. The SMILES string of the molecule is COc1c(C(C)C)cc2c(c1O)[C@@]1(C)CCCC(C)(C)[C@@H]1C[C@@H]2OC. The van der Waals surface area contributed by atoms with Crippen LogP contribution in [0.5, 0.6) is 11.5 Å². The zero-order valence-corrected chi connectivity index (χ0v) is 16.9. The van der Waals surface area contributed by atoms with Crippen LogP contribution in [-0.4, -0.2) is 19.3 Å². The third-order valence-electron chi connectivity index (χ3n) is 7.02. The average molecular weight is 347 g/mol. The van der Waals surface area contributed by atoms with E-state index in [1.165, 1.54) is 18.4 Å². The first-order chi connectivity index (χ1) is 11.7. The van der Waals surface area contributed by atoms with Gasteiger partial charge < -0.3 is 14.6 Å². The van der Waals surface area contributed by atoms with Crippen LogP contribution in [0.4, 0.5) is 0 Å². The van der Waals surface area contributed by atoms with Crippen LogP contribution in [-0.2, 0) is 10.2 Å². The number of aromatic hydroxyl groups is 1. The van der Waals surface area contributed by atoms with Crippen molar-refractivity contribution in [2.45, 2.75) is 77.7 Å². The lowest BCUT2D eigenvalue weighted by molar-refractivity contribution is -0.0238. The Morgan fingerprint density at radius 1 is 1.16 bits per heavy atom. The summed E-state index contributed by atoms with van der Waals surface area (Å²) in [7, 11) is 3.46. The fourth-order valence-corrected chi connectivity index (χ4v) is 5.75. The summed E-state index contributed by atoms with van der Waals surface area (Å²) in [6.07, 6.45) is 4.62. The van der Waals surface area contributed by atoms with E-state index in [4.69, 9.17) is 9.47 Å². The molecular weight excluding hydrogens is 312 g/mol. The van der Waals surface area contributed by atoms with Gasteiger partial charge in [0, 0.05) is 23.7 Å². The molecule has 0 aliphatic heterocycles. The normalized spacial score (nSPS) is 30.7. The Morgan fingerprint density at radius 2 is 1.84 bits per heavy atom. The molecule has 1 aromatic rings. The Bertz CT molecular complexity index is 662. The fourth-order valence-electron chi connectivity index (χ4n) is 5.75. The molecule has 0 radical (unpaired) electrons. The first kappa shape index (κ1) is 18.6. The summed E-state index contributed by atoms with van der Waals surface area (Å²) >= 11 is 0. The largest absolute Gasteiger partial charge is 0.504 e. The molecule has 2 aliphatic rings. The summed E-state index contributed by atoms with van der Waals surface area (Å²) in [4.78, 5) is 0. The van der Waals surface area contributed by atoms with Crippen molar-refractivity contribution in [3.8, 4) is 11.5 Å². The highest BCUT2D eigenvalue weighted by atomic mass is 16.5. The van der Waals surface area contributed by atoms with Gasteiger partial charge in [0.25, 0.3) is 0 Å². The van der Waals surface area contributed by atoms with E-state index < -0.39 is 0 Å². The first-order valence-electron chi connectivity index (χ1n) is 9.64. The second kappa shape index (κ2) is 6.19. The number of ether oxygens (including phenoxy) is 2. The zero-order chi connectivity index (χ0) is 18.6. The van der Waals surface area contributed by atoms with Crippen molar-refractivity contribution in [3.05, 3.63) is 22.8 Å². The van der Waals surface area contributed by atoms with Gasteiger partial charge in [0.05, 0.1) is 13.2 Å². The molecular formula is C22H34O3. The molecule has 0 heterocycles. The average Bonchev–Trinajstić information content (AvgIpc) is 2.53. The predicted molar refractivity (Wildman–Crippen MR) is 102 cm³/mol. The van der Waals surface area contributed by atoms with Crippen molar-refractivity contribution >= 4 is 0 Å². The zero-order valence-electron chi connectivity index (χ0n) is 16.9. The van der Waals surface area contributed by atoms with E-state index in [-0.39, 0.29) is 22.9 Å². The van der Waals surface area contributed by atoms with Crippen LogP contribution in [0.15, 0.2) is 6.07 Å². The minimum Gasteiger partial charge on any atom is -0.504 e. The van der Waals surface area contributed by atoms with Crippen LogP contribution in [0, 0.1) is 11.3 Å². The lowest BCUT2D eigenvalue weighted by atomic mass is 9.49. The van der Waals surface area contributed by atoms with Gasteiger partial charge in [-0.2, -0.15) is 0 Å². The lowest BCUT2D eigenvalue weighted by Gasteiger charge is -2.55. The van der Waals surface area contributed by atoms with E-state index >= 15 is 0 Å². The number of hydrogen-bond donors (Lipinski definition) is 1. The molecule has 1 N–H and O–H groups in total. The molecule has 1 aromatic carbocycles.